The first kappa shape index (κ1) is 25.6. The van der Waals surface area contributed by atoms with E-state index >= 15 is 0 Å². The number of nitrogens with zero attached hydrogens (tertiary/aromatic N) is 1. The zero-order chi connectivity index (χ0) is 26.6. The van der Waals surface area contributed by atoms with Gasteiger partial charge in [-0.2, -0.15) is 6.20 Å². The van der Waals surface area contributed by atoms with Crippen molar-refractivity contribution in [3.05, 3.63) is 88.8 Å². The predicted octanol–water partition coefficient (Wildman–Crippen LogP) is 5.62. The molecule has 2 aromatic carbocycles. The minimum absolute atomic E-state index is 0.0522. The Kier molecular flexibility index (Phi) is 7.50. The summed E-state index contributed by atoms with van der Waals surface area (Å²) in [6.07, 6.45) is 12.9. The number of benzene rings is 2. The second kappa shape index (κ2) is 11.1. The van der Waals surface area contributed by atoms with Crippen LogP contribution in [0.5, 0.6) is 17.2 Å². The molecule has 3 aromatic rings. The smallest absolute Gasteiger partial charge is 0.160 e. The molecule has 38 heavy (non-hydrogen) atoms. The molecular weight excluding hydrogens is 478 g/mol. The molecule has 1 heterocycles. The van der Waals surface area contributed by atoms with Crippen molar-refractivity contribution in [1.29, 1.82) is 0 Å². The number of carbonyl (C=O) groups excluding carboxylic acids is 2. The largest absolute Gasteiger partial charge is 0.664 e. The van der Waals surface area contributed by atoms with Crippen LogP contribution < -0.4 is 9.72 Å². The lowest BCUT2D eigenvalue weighted by Crippen LogP contribution is -2.26. The highest BCUT2D eigenvalue weighted by Crippen LogP contribution is 2.41. The van der Waals surface area contributed by atoms with Crippen LogP contribution in [0, 0.1) is 11.8 Å². The van der Waals surface area contributed by atoms with Gasteiger partial charge in [-0.05, 0) is 66.8 Å². The predicted molar refractivity (Wildman–Crippen MR) is 146 cm³/mol. The Hall–Kier alpha value is -4.06. The highest BCUT2D eigenvalue weighted by Gasteiger charge is 2.32. The van der Waals surface area contributed by atoms with Gasteiger partial charge in [0.25, 0.3) is 0 Å². The summed E-state index contributed by atoms with van der Waals surface area (Å²) in [5, 5.41) is 20.1. The normalized spacial score (nSPS) is 19.9. The summed E-state index contributed by atoms with van der Waals surface area (Å²) in [7, 11) is 1.48. The number of phenols is 2. The first-order valence-corrected chi connectivity index (χ1v) is 13.1. The molecule has 3 atom stereocenters. The number of hydrogen-bond acceptors (Lipinski definition) is 5. The average Bonchev–Trinajstić information content (AvgIpc) is 3.30. The summed E-state index contributed by atoms with van der Waals surface area (Å²) in [5.41, 5.74) is 4.83. The van der Waals surface area contributed by atoms with Crippen LogP contribution in [0.1, 0.15) is 59.5 Å². The van der Waals surface area contributed by atoms with Crippen LogP contribution in [0.15, 0.2) is 60.8 Å². The van der Waals surface area contributed by atoms with E-state index in [0.29, 0.717) is 17.9 Å². The third-order valence-electron chi connectivity index (χ3n) is 7.79. The summed E-state index contributed by atoms with van der Waals surface area (Å²) >= 11 is 0. The maximum absolute atomic E-state index is 13.4. The number of Topliss-reactive ketones (excluding diaryl/α,β-unsaturated/α-hetero) is 2. The van der Waals surface area contributed by atoms with Gasteiger partial charge in [-0.25, -0.2) is 0 Å². The molecule has 6 heteroatoms. The maximum Gasteiger partial charge on any atom is 0.160 e. The zero-order valence-electron chi connectivity index (χ0n) is 21.5. The van der Waals surface area contributed by atoms with Gasteiger partial charge in [0.2, 0.25) is 0 Å². The van der Waals surface area contributed by atoms with E-state index in [-0.39, 0.29) is 47.9 Å². The van der Waals surface area contributed by atoms with Crippen molar-refractivity contribution in [2.24, 2.45) is 11.8 Å². The number of carbonyl (C=O) groups is 2. The monoisotopic (exact) mass is 510 g/mol. The molecule has 196 valence electrons. The van der Waals surface area contributed by atoms with Crippen molar-refractivity contribution in [3.63, 3.8) is 0 Å². The molecule has 0 bridgehead atoms. The van der Waals surface area contributed by atoms with Crippen molar-refractivity contribution in [2.45, 2.75) is 44.4 Å². The van der Waals surface area contributed by atoms with Gasteiger partial charge in [0.1, 0.15) is 17.3 Å². The lowest BCUT2D eigenvalue weighted by molar-refractivity contribution is -0.128. The van der Waals surface area contributed by atoms with E-state index in [4.69, 9.17) is 4.74 Å². The van der Waals surface area contributed by atoms with Crippen molar-refractivity contribution >= 4 is 23.7 Å². The number of hydrogen-bond donors (Lipinski definition) is 2. The lowest BCUT2D eigenvalue weighted by Gasteiger charge is -2.31. The van der Waals surface area contributed by atoms with Crippen LogP contribution in [0.2, 0.25) is 0 Å². The molecule has 2 aliphatic carbocycles. The number of fused-ring (bicyclic) bond motifs is 2. The zero-order valence-corrected chi connectivity index (χ0v) is 21.5. The van der Waals surface area contributed by atoms with Gasteiger partial charge in [-0.3, -0.25) is 9.59 Å². The van der Waals surface area contributed by atoms with Crippen molar-refractivity contribution in [3.8, 4) is 17.2 Å². The number of ketones is 2. The van der Waals surface area contributed by atoms with Gasteiger partial charge < -0.3 is 19.9 Å². The Morgan fingerprint density at radius 1 is 1.05 bits per heavy atom. The van der Waals surface area contributed by atoms with Crippen LogP contribution in [0.4, 0.5) is 0 Å². The van der Waals surface area contributed by atoms with E-state index in [0.717, 1.165) is 47.2 Å². The van der Waals surface area contributed by atoms with Crippen LogP contribution >= 0.6 is 0 Å². The first-order chi connectivity index (χ1) is 18.4. The van der Waals surface area contributed by atoms with E-state index in [1.54, 1.807) is 30.5 Å². The van der Waals surface area contributed by atoms with E-state index in [1.807, 2.05) is 30.4 Å². The fraction of sp³-hybridized carbons (Fsp3) is 0.312. The quantitative estimate of drug-likeness (QED) is 0.363. The molecule has 0 amide bonds. The second-order valence-corrected chi connectivity index (χ2v) is 10.2. The highest BCUT2D eigenvalue weighted by molar-refractivity contribution is 6.01. The van der Waals surface area contributed by atoms with Crippen LogP contribution in [-0.2, 0) is 22.4 Å². The van der Waals surface area contributed by atoms with Gasteiger partial charge in [0, 0.05) is 17.9 Å². The number of rotatable bonds is 9. The lowest BCUT2D eigenvalue weighted by atomic mass is 9.73. The molecule has 0 aliphatic heterocycles. The van der Waals surface area contributed by atoms with Gasteiger partial charge in [0.15, 0.2) is 11.5 Å². The standard InChI is InChI=1S/C32H32NO5/c1-38-32-18-21(8-14-30(32)36)6-10-23(34)19-31(37)26-12-13-28-25(15-16-33-28)27(26)17-20-5-9-22-3-2-4-29(35)24(22)11-7-20/h2-4,7-8,11-16,18,20,26-27,35-36H,5-6,9-10,17,19H2,1H3/q-1/t20-,26+,27+/m0/s1. The van der Waals surface area contributed by atoms with Gasteiger partial charge >= 0.3 is 0 Å². The van der Waals surface area contributed by atoms with E-state index in [9.17, 15) is 19.8 Å². The van der Waals surface area contributed by atoms with Crippen molar-refractivity contribution in [1.82, 2.24) is 4.98 Å². The van der Waals surface area contributed by atoms with Crippen LogP contribution in [-0.4, -0.2) is 28.9 Å². The number of ether oxygens (including phenoxy) is 1. The number of aryl methyl sites for hydroxylation is 2. The van der Waals surface area contributed by atoms with Gasteiger partial charge in [0.05, 0.1) is 13.5 Å². The number of aromatic hydroxyl groups is 2. The highest BCUT2D eigenvalue weighted by atomic mass is 16.5. The Labute approximate surface area is 222 Å². The van der Waals surface area contributed by atoms with Gasteiger partial charge in [-0.15, -0.1) is 5.69 Å². The summed E-state index contributed by atoms with van der Waals surface area (Å²) in [6.45, 7) is 0. The fourth-order valence-electron chi connectivity index (χ4n) is 5.70. The number of methoxy groups -OCH3 is 1. The number of allylic oxidation sites excluding steroid dienone is 2. The molecule has 0 radical (unpaired) electrons. The number of aromatic nitrogens is 1. The van der Waals surface area contributed by atoms with Gasteiger partial charge in [-0.1, -0.05) is 54.1 Å². The Balaban J connectivity index is 1.26. The van der Waals surface area contributed by atoms with Crippen LogP contribution in [0.25, 0.3) is 12.2 Å². The molecule has 1 aromatic heterocycles. The Morgan fingerprint density at radius 2 is 1.92 bits per heavy atom. The summed E-state index contributed by atoms with van der Waals surface area (Å²) in [4.78, 5) is 30.7. The molecule has 0 saturated carbocycles. The number of phenolic OH excluding ortho intramolecular Hbond substituents is 2. The molecule has 0 spiro atoms. The molecule has 6 nitrogen and oxygen atoms in total. The van der Waals surface area contributed by atoms with E-state index in [2.05, 4.69) is 17.1 Å². The molecule has 0 unspecified atom stereocenters. The SMILES string of the molecule is COc1cc(CCC(=O)CC(=O)[C@@H]2C=Cc3[n-]ccc3[C@H]2C[C@@H]2C=Cc3c(O)cccc3CC2)ccc1O. The van der Waals surface area contributed by atoms with Crippen molar-refractivity contribution in [2.75, 3.05) is 7.11 Å². The molecule has 0 saturated heterocycles. The van der Waals surface area contributed by atoms with E-state index in [1.165, 1.54) is 7.11 Å². The first-order valence-electron chi connectivity index (χ1n) is 13.1. The third kappa shape index (κ3) is 5.44. The minimum Gasteiger partial charge on any atom is -0.664 e. The van der Waals surface area contributed by atoms with Crippen molar-refractivity contribution < 1.29 is 24.5 Å². The Bertz CT molecular complexity index is 1400. The molecule has 2 N–H and O–H groups in total. The molecule has 0 fully saturated rings. The second-order valence-electron chi connectivity index (χ2n) is 10.2. The summed E-state index contributed by atoms with van der Waals surface area (Å²) in [5.74, 6) is 0.354. The summed E-state index contributed by atoms with van der Waals surface area (Å²) < 4.78 is 5.15. The third-order valence-corrected chi connectivity index (χ3v) is 7.79. The van der Waals surface area contributed by atoms with E-state index < -0.39 is 0 Å². The molecule has 5 rings (SSSR count). The topological polar surface area (TPSA) is 97.9 Å². The average molecular weight is 511 g/mol. The Morgan fingerprint density at radius 3 is 2.76 bits per heavy atom. The maximum atomic E-state index is 13.4. The van der Waals surface area contributed by atoms with Crippen LogP contribution in [0.3, 0.4) is 0 Å². The fourth-order valence-corrected chi connectivity index (χ4v) is 5.70. The molecular formula is C32H32NO5-. The minimum atomic E-state index is -0.378. The molecule has 2 aliphatic rings. The summed E-state index contributed by atoms with van der Waals surface area (Å²) in [6, 6.07) is 12.7.